The summed E-state index contributed by atoms with van der Waals surface area (Å²) in [5, 5.41) is 3.21. The standard InChI is InChI=1S/C13H10BrClN2O/c14-8-5-6-11(16)9(7-8)13(18)17-12-4-2-1-3-10(12)15/h1-7H,16H2,(H,17,18). The lowest BCUT2D eigenvalue weighted by molar-refractivity contribution is 0.102. The number of nitrogen functional groups attached to an aromatic ring is 1. The van der Waals surface area contributed by atoms with Crippen LogP contribution in [0.15, 0.2) is 46.9 Å². The number of nitrogens with one attached hydrogen (secondary N) is 1. The first-order valence-electron chi connectivity index (χ1n) is 5.19. The van der Waals surface area contributed by atoms with E-state index in [2.05, 4.69) is 21.2 Å². The van der Waals surface area contributed by atoms with Gasteiger partial charge in [0.15, 0.2) is 0 Å². The van der Waals surface area contributed by atoms with Gasteiger partial charge in [-0.1, -0.05) is 39.7 Å². The largest absolute Gasteiger partial charge is 0.398 e. The van der Waals surface area contributed by atoms with Crippen LogP contribution in [0.3, 0.4) is 0 Å². The van der Waals surface area contributed by atoms with Gasteiger partial charge in [-0.05, 0) is 30.3 Å². The minimum Gasteiger partial charge on any atom is -0.398 e. The number of hydrogen-bond donors (Lipinski definition) is 2. The van der Waals surface area contributed by atoms with Crippen LogP contribution in [0.4, 0.5) is 11.4 Å². The molecule has 0 saturated heterocycles. The minimum absolute atomic E-state index is 0.290. The van der Waals surface area contributed by atoms with E-state index in [-0.39, 0.29) is 5.91 Å². The highest BCUT2D eigenvalue weighted by molar-refractivity contribution is 9.10. The molecule has 3 N–H and O–H groups in total. The molecule has 0 aliphatic rings. The lowest BCUT2D eigenvalue weighted by Crippen LogP contribution is -2.14. The van der Waals surface area contributed by atoms with Crippen LogP contribution >= 0.6 is 27.5 Å². The molecule has 2 rings (SSSR count). The summed E-state index contributed by atoms with van der Waals surface area (Å²) in [4.78, 5) is 12.1. The van der Waals surface area contributed by atoms with Crippen molar-refractivity contribution in [3.8, 4) is 0 Å². The maximum Gasteiger partial charge on any atom is 0.257 e. The monoisotopic (exact) mass is 324 g/mol. The SMILES string of the molecule is Nc1ccc(Br)cc1C(=O)Nc1ccccc1Cl. The van der Waals surface area contributed by atoms with Gasteiger partial charge < -0.3 is 11.1 Å². The third kappa shape index (κ3) is 2.83. The number of benzene rings is 2. The van der Waals surface area contributed by atoms with Crippen LogP contribution < -0.4 is 11.1 Å². The topological polar surface area (TPSA) is 55.1 Å². The van der Waals surface area contributed by atoms with Crippen molar-refractivity contribution in [3.63, 3.8) is 0 Å². The van der Waals surface area contributed by atoms with Crippen molar-refractivity contribution in [1.29, 1.82) is 0 Å². The number of halogens is 2. The summed E-state index contributed by atoms with van der Waals surface area (Å²) in [6, 6.07) is 12.2. The van der Waals surface area contributed by atoms with Gasteiger partial charge in [0.1, 0.15) is 0 Å². The van der Waals surface area contributed by atoms with Crippen LogP contribution in [0, 0.1) is 0 Å². The van der Waals surface area contributed by atoms with Gasteiger partial charge in [0.2, 0.25) is 0 Å². The number of rotatable bonds is 2. The molecule has 2 aromatic rings. The Bertz CT molecular complexity index is 601. The van der Waals surface area contributed by atoms with Crippen molar-refractivity contribution in [2.45, 2.75) is 0 Å². The van der Waals surface area contributed by atoms with Crippen molar-refractivity contribution in [2.24, 2.45) is 0 Å². The van der Waals surface area contributed by atoms with Crippen LogP contribution in [0.25, 0.3) is 0 Å². The molecule has 0 unspecified atom stereocenters. The van der Waals surface area contributed by atoms with E-state index in [0.29, 0.717) is 22.0 Å². The van der Waals surface area contributed by atoms with Gasteiger partial charge in [-0.25, -0.2) is 0 Å². The summed E-state index contributed by atoms with van der Waals surface area (Å²) in [5.41, 5.74) is 7.15. The maximum absolute atomic E-state index is 12.1. The second-order valence-corrected chi connectivity index (χ2v) is 4.99. The minimum atomic E-state index is -0.290. The molecule has 18 heavy (non-hydrogen) atoms. The fourth-order valence-corrected chi connectivity index (χ4v) is 2.02. The van der Waals surface area contributed by atoms with Crippen LogP contribution in [-0.2, 0) is 0 Å². The molecule has 0 aromatic heterocycles. The van der Waals surface area contributed by atoms with Crippen molar-refractivity contribution >= 4 is 44.8 Å². The molecule has 1 amide bonds. The third-order valence-electron chi connectivity index (χ3n) is 2.38. The Balaban J connectivity index is 2.28. The van der Waals surface area contributed by atoms with Gasteiger partial charge in [0.25, 0.3) is 5.91 Å². The predicted octanol–water partition coefficient (Wildman–Crippen LogP) is 3.94. The van der Waals surface area contributed by atoms with Crippen molar-refractivity contribution < 1.29 is 4.79 Å². The Kier molecular flexibility index (Phi) is 3.89. The van der Waals surface area contributed by atoms with E-state index in [0.717, 1.165) is 4.47 Å². The second kappa shape index (κ2) is 5.42. The lowest BCUT2D eigenvalue weighted by Gasteiger charge is -2.09. The molecule has 0 saturated carbocycles. The van der Waals surface area contributed by atoms with Gasteiger partial charge in [-0.2, -0.15) is 0 Å². The molecular formula is C13H10BrClN2O. The number of carbonyl (C=O) groups is 1. The average Bonchev–Trinajstić information content (AvgIpc) is 2.35. The molecule has 0 heterocycles. The Morgan fingerprint density at radius 3 is 2.67 bits per heavy atom. The summed E-state index contributed by atoms with van der Waals surface area (Å²) in [6.45, 7) is 0. The Hall–Kier alpha value is -1.52. The van der Waals surface area contributed by atoms with Crippen LogP contribution in [0.1, 0.15) is 10.4 Å². The molecule has 0 fully saturated rings. The lowest BCUT2D eigenvalue weighted by atomic mass is 10.1. The summed E-state index contributed by atoms with van der Waals surface area (Å²) in [5.74, 6) is -0.290. The second-order valence-electron chi connectivity index (χ2n) is 3.67. The Labute approximate surface area is 118 Å². The maximum atomic E-state index is 12.1. The van der Waals surface area contributed by atoms with Crippen molar-refractivity contribution in [3.05, 3.63) is 57.5 Å². The number of amides is 1. The van der Waals surface area contributed by atoms with Gasteiger partial charge in [0.05, 0.1) is 16.3 Å². The van der Waals surface area contributed by atoms with Gasteiger partial charge in [-0.3, -0.25) is 4.79 Å². The zero-order valence-electron chi connectivity index (χ0n) is 9.28. The highest BCUT2D eigenvalue weighted by atomic mass is 79.9. The summed E-state index contributed by atoms with van der Waals surface area (Å²) in [6.07, 6.45) is 0. The smallest absolute Gasteiger partial charge is 0.257 e. The quantitative estimate of drug-likeness (QED) is 0.822. The van der Waals surface area contributed by atoms with Crippen molar-refractivity contribution in [1.82, 2.24) is 0 Å². The molecule has 5 heteroatoms. The third-order valence-corrected chi connectivity index (χ3v) is 3.20. The number of para-hydroxylation sites is 1. The number of nitrogens with two attached hydrogens (primary N) is 1. The number of anilines is 2. The number of carbonyl (C=O) groups excluding carboxylic acids is 1. The zero-order chi connectivity index (χ0) is 13.1. The molecule has 0 aliphatic heterocycles. The summed E-state index contributed by atoms with van der Waals surface area (Å²) < 4.78 is 0.793. The fraction of sp³-hybridized carbons (Fsp3) is 0. The van der Waals surface area contributed by atoms with Crippen molar-refractivity contribution in [2.75, 3.05) is 11.1 Å². The van der Waals surface area contributed by atoms with E-state index >= 15 is 0 Å². The molecule has 2 aromatic carbocycles. The average molecular weight is 326 g/mol. The van der Waals surface area contributed by atoms with E-state index in [4.69, 9.17) is 17.3 Å². The molecule has 0 aliphatic carbocycles. The summed E-state index contributed by atoms with van der Waals surface area (Å²) in [7, 11) is 0. The first-order valence-corrected chi connectivity index (χ1v) is 6.36. The fourth-order valence-electron chi connectivity index (χ4n) is 1.48. The zero-order valence-corrected chi connectivity index (χ0v) is 11.6. The molecule has 0 atom stereocenters. The molecule has 92 valence electrons. The van der Waals surface area contributed by atoms with E-state index in [1.54, 1.807) is 42.5 Å². The number of hydrogen-bond acceptors (Lipinski definition) is 2. The first kappa shape index (κ1) is 12.9. The van der Waals surface area contributed by atoms with Gasteiger partial charge in [-0.15, -0.1) is 0 Å². The first-order chi connectivity index (χ1) is 8.58. The predicted molar refractivity (Wildman–Crippen MR) is 78.0 cm³/mol. The molecule has 0 spiro atoms. The molecule has 3 nitrogen and oxygen atoms in total. The van der Waals surface area contributed by atoms with E-state index in [9.17, 15) is 4.79 Å². The van der Waals surface area contributed by atoms with Crippen LogP contribution in [-0.4, -0.2) is 5.91 Å². The normalized spacial score (nSPS) is 10.1. The van der Waals surface area contributed by atoms with Gasteiger partial charge >= 0.3 is 0 Å². The summed E-state index contributed by atoms with van der Waals surface area (Å²) >= 11 is 9.27. The Morgan fingerprint density at radius 2 is 1.94 bits per heavy atom. The van der Waals surface area contributed by atoms with Crippen LogP contribution in [0.5, 0.6) is 0 Å². The molecule has 0 radical (unpaired) electrons. The van der Waals surface area contributed by atoms with E-state index in [1.165, 1.54) is 0 Å². The van der Waals surface area contributed by atoms with Crippen LogP contribution in [0.2, 0.25) is 5.02 Å². The van der Waals surface area contributed by atoms with Gasteiger partial charge in [0, 0.05) is 10.2 Å². The molecule has 0 bridgehead atoms. The highest BCUT2D eigenvalue weighted by Gasteiger charge is 2.11. The highest BCUT2D eigenvalue weighted by Crippen LogP contribution is 2.23. The van der Waals surface area contributed by atoms with E-state index < -0.39 is 0 Å². The molecular weight excluding hydrogens is 316 g/mol. The Morgan fingerprint density at radius 1 is 1.22 bits per heavy atom. The van der Waals surface area contributed by atoms with E-state index in [1.807, 2.05) is 0 Å².